The number of anilines is 1. The molecule has 1 heteroatoms. The molecule has 0 aliphatic carbocycles. The molecule has 23 heavy (non-hydrogen) atoms. The standard InChI is InChI=1S/C22H31N/c1-16-13-17(2)20(18(3)14-16)23-22(6,7)15-21(4,5)19-11-9-8-10-12-19/h8-14,23H,15H2,1-7H3. The van der Waals surface area contributed by atoms with Gasteiger partial charge in [-0.3, -0.25) is 0 Å². The molecule has 0 heterocycles. The van der Waals surface area contributed by atoms with Gasteiger partial charge in [0.1, 0.15) is 0 Å². The first kappa shape index (κ1) is 17.6. The fraction of sp³-hybridized carbons (Fsp3) is 0.455. The van der Waals surface area contributed by atoms with Crippen molar-refractivity contribution >= 4 is 5.69 Å². The molecule has 0 amide bonds. The smallest absolute Gasteiger partial charge is 0.0403 e. The summed E-state index contributed by atoms with van der Waals surface area (Å²) < 4.78 is 0. The fourth-order valence-corrected chi connectivity index (χ4v) is 3.86. The molecule has 0 saturated carbocycles. The highest BCUT2D eigenvalue weighted by molar-refractivity contribution is 5.59. The van der Waals surface area contributed by atoms with E-state index in [1.165, 1.54) is 27.9 Å². The van der Waals surface area contributed by atoms with Gasteiger partial charge >= 0.3 is 0 Å². The monoisotopic (exact) mass is 309 g/mol. The number of rotatable bonds is 5. The van der Waals surface area contributed by atoms with Gasteiger partial charge in [0, 0.05) is 11.2 Å². The minimum absolute atomic E-state index is 0.0180. The molecule has 2 aromatic carbocycles. The largest absolute Gasteiger partial charge is 0.380 e. The third kappa shape index (κ3) is 4.37. The van der Waals surface area contributed by atoms with Crippen LogP contribution in [0.25, 0.3) is 0 Å². The highest BCUT2D eigenvalue weighted by Gasteiger charge is 2.30. The van der Waals surface area contributed by atoms with Crippen molar-refractivity contribution in [3.05, 3.63) is 64.7 Å². The Morgan fingerprint density at radius 2 is 1.35 bits per heavy atom. The third-order valence-corrected chi connectivity index (χ3v) is 4.58. The van der Waals surface area contributed by atoms with Crippen molar-refractivity contribution in [2.75, 3.05) is 5.32 Å². The molecule has 0 bridgehead atoms. The molecule has 2 aromatic rings. The lowest BCUT2D eigenvalue weighted by molar-refractivity contribution is 0.372. The van der Waals surface area contributed by atoms with E-state index in [2.05, 4.69) is 96.2 Å². The molecule has 124 valence electrons. The Bertz CT molecular complexity index is 643. The minimum atomic E-state index is 0.0180. The Morgan fingerprint density at radius 1 is 0.826 bits per heavy atom. The number of hydrogen-bond donors (Lipinski definition) is 1. The molecule has 2 rings (SSSR count). The van der Waals surface area contributed by atoms with Gasteiger partial charge in [-0.15, -0.1) is 0 Å². The highest BCUT2D eigenvalue weighted by Crippen LogP contribution is 2.35. The van der Waals surface area contributed by atoms with Gasteiger partial charge in [-0.1, -0.05) is 61.9 Å². The maximum Gasteiger partial charge on any atom is 0.0403 e. The number of hydrogen-bond acceptors (Lipinski definition) is 1. The molecule has 0 saturated heterocycles. The average Bonchev–Trinajstić information content (AvgIpc) is 2.43. The Hall–Kier alpha value is -1.76. The van der Waals surface area contributed by atoms with Crippen LogP contribution in [0, 0.1) is 20.8 Å². The van der Waals surface area contributed by atoms with Crippen LogP contribution in [0.1, 0.15) is 56.4 Å². The van der Waals surface area contributed by atoms with Gasteiger partial charge in [0.15, 0.2) is 0 Å². The Kier molecular flexibility index (Phi) is 4.89. The van der Waals surface area contributed by atoms with E-state index in [1.807, 2.05) is 0 Å². The molecular weight excluding hydrogens is 278 g/mol. The molecule has 0 aromatic heterocycles. The molecule has 0 fully saturated rings. The summed E-state index contributed by atoms with van der Waals surface area (Å²) in [5.41, 5.74) is 6.81. The quantitative estimate of drug-likeness (QED) is 0.696. The molecule has 0 aliphatic heterocycles. The highest BCUT2D eigenvalue weighted by atomic mass is 15.0. The van der Waals surface area contributed by atoms with Crippen LogP contribution in [0.15, 0.2) is 42.5 Å². The summed E-state index contributed by atoms with van der Waals surface area (Å²) in [6.45, 7) is 15.8. The summed E-state index contributed by atoms with van der Waals surface area (Å²) in [5.74, 6) is 0. The lowest BCUT2D eigenvalue weighted by atomic mass is 9.75. The molecular formula is C22H31N. The summed E-state index contributed by atoms with van der Waals surface area (Å²) in [6, 6.07) is 15.3. The third-order valence-electron chi connectivity index (χ3n) is 4.58. The zero-order valence-electron chi connectivity index (χ0n) is 15.7. The predicted molar refractivity (Wildman–Crippen MR) is 102 cm³/mol. The van der Waals surface area contributed by atoms with Gasteiger partial charge in [0.05, 0.1) is 0 Å². The van der Waals surface area contributed by atoms with Crippen molar-refractivity contribution in [1.29, 1.82) is 0 Å². The average molecular weight is 309 g/mol. The van der Waals surface area contributed by atoms with Crippen molar-refractivity contribution in [2.45, 2.75) is 65.8 Å². The normalized spacial score (nSPS) is 12.3. The summed E-state index contributed by atoms with van der Waals surface area (Å²) >= 11 is 0. The molecule has 0 spiro atoms. The Morgan fingerprint density at radius 3 is 1.87 bits per heavy atom. The summed E-state index contributed by atoms with van der Waals surface area (Å²) in [4.78, 5) is 0. The van der Waals surface area contributed by atoms with Crippen LogP contribution in [0.4, 0.5) is 5.69 Å². The zero-order chi connectivity index (χ0) is 17.3. The summed E-state index contributed by atoms with van der Waals surface area (Å²) in [5, 5.41) is 3.81. The SMILES string of the molecule is Cc1cc(C)c(NC(C)(C)CC(C)(C)c2ccccc2)c(C)c1. The molecule has 0 radical (unpaired) electrons. The molecule has 1 nitrogen and oxygen atoms in total. The van der Waals surface area contributed by atoms with E-state index in [0.29, 0.717) is 0 Å². The van der Waals surface area contributed by atoms with E-state index in [9.17, 15) is 0 Å². The second kappa shape index (κ2) is 6.39. The first-order valence-corrected chi connectivity index (χ1v) is 8.52. The van der Waals surface area contributed by atoms with Crippen molar-refractivity contribution < 1.29 is 0 Å². The Balaban J connectivity index is 2.23. The lowest BCUT2D eigenvalue weighted by Gasteiger charge is -2.37. The molecule has 0 aliphatic rings. The van der Waals surface area contributed by atoms with Crippen LogP contribution in [0.2, 0.25) is 0 Å². The molecule has 0 unspecified atom stereocenters. The van der Waals surface area contributed by atoms with Gasteiger partial charge in [0.25, 0.3) is 0 Å². The van der Waals surface area contributed by atoms with Crippen LogP contribution in [0.3, 0.4) is 0 Å². The van der Waals surface area contributed by atoms with E-state index in [-0.39, 0.29) is 11.0 Å². The number of benzene rings is 2. The van der Waals surface area contributed by atoms with E-state index in [4.69, 9.17) is 0 Å². The van der Waals surface area contributed by atoms with Gasteiger partial charge in [-0.2, -0.15) is 0 Å². The lowest BCUT2D eigenvalue weighted by Crippen LogP contribution is -2.38. The number of nitrogens with one attached hydrogen (secondary N) is 1. The first-order valence-electron chi connectivity index (χ1n) is 8.52. The number of aryl methyl sites for hydroxylation is 3. The molecule has 0 atom stereocenters. The van der Waals surface area contributed by atoms with Crippen molar-refractivity contribution in [1.82, 2.24) is 0 Å². The zero-order valence-corrected chi connectivity index (χ0v) is 15.7. The fourth-order valence-electron chi connectivity index (χ4n) is 3.86. The first-order chi connectivity index (χ1) is 10.6. The van der Waals surface area contributed by atoms with E-state index in [0.717, 1.165) is 6.42 Å². The van der Waals surface area contributed by atoms with Crippen LogP contribution in [-0.2, 0) is 5.41 Å². The predicted octanol–water partition coefficient (Wildman–Crippen LogP) is 6.17. The van der Waals surface area contributed by atoms with Crippen LogP contribution < -0.4 is 5.32 Å². The molecule has 1 N–H and O–H groups in total. The summed E-state index contributed by atoms with van der Waals surface area (Å²) in [6.07, 6.45) is 1.07. The minimum Gasteiger partial charge on any atom is -0.380 e. The van der Waals surface area contributed by atoms with Crippen molar-refractivity contribution in [3.63, 3.8) is 0 Å². The van der Waals surface area contributed by atoms with Crippen LogP contribution >= 0.6 is 0 Å². The second-order valence-corrected chi connectivity index (χ2v) is 8.21. The van der Waals surface area contributed by atoms with Gasteiger partial charge in [-0.25, -0.2) is 0 Å². The van der Waals surface area contributed by atoms with Gasteiger partial charge in [0.2, 0.25) is 0 Å². The van der Waals surface area contributed by atoms with Crippen LogP contribution in [-0.4, -0.2) is 5.54 Å². The van der Waals surface area contributed by atoms with Crippen molar-refractivity contribution in [3.8, 4) is 0 Å². The van der Waals surface area contributed by atoms with E-state index >= 15 is 0 Å². The van der Waals surface area contributed by atoms with Gasteiger partial charge < -0.3 is 5.32 Å². The van der Waals surface area contributed by atoms with E-state index in [1.54, 1.807) is 0 Å². The van der Waals surface area contributed by atoms with Crippen LogP contribution in [0.5, 0.6) is 0 Å². The van der Waals surface area contributed by atoms with Crippen molar-refractivity contribution in [2.24, 2.45) is 0 Å². The Labute approximate surface area is 142 Å². The summed E-state index contributed by atoms with van der Waals surface area (Å²) in [7, 11) is 0. The maximum atomic E-state index is 3.81. The maximum absolute atomic E-state index is 3.81. The van der Waals surface area contributed by atoms with Gasteiger partial charge in [-0.05, 0) is 63.1 Å². The van der Waals surface area contributed by atoms with E-state index < -0.39 is 0 Å². The second-order valence-electron chi connectivity index (χ2n) is 8.21. The topological polar surface area (TPSA) is 12.0 Å².